The first-order chi connectivity index (χ1) is 10.1. The zero-order valence-electron chi connectivity index (χ0n) is 15.9. The van der Waals surface area contributed by atoms with E-state index in [4.69, 9.17) is 17.7 Å². The molecule has 0 aromatic rings. The van der Waals surface area contributed by atoms with Gasteiger partial charge in [-0.1, -0.05) is 27.4 Å². The predicted octanol–water partition coefficient (Wildman–Crippen LogP) is 4.54. The van der Waals surface area contributed by atoms with Crippen LogP contribution >= 0.6 is 0 Å². The fraction of sp³-hybridized carbons (Fsp3) is 0.875. The average molecular weight is 349 g/mol. The molecule has 0 aromatic heterocycles. The van der Waals surface area contributed by atoms with Crippen LogP contribution < -0.4 is 0 Å². The fourth-order valence-electron chi connectivity index (χ4n) is 1.80. The van der Waals surface area contributed by atoms with Crippen LogP contribution in [0.2, 0.25) is 18.1 Å². The first-order valence-electron chi connectivity index (χ1n) is 8.30. The summed E-state index contributed by atoms with van der Waals surface area (Å²) < 4.78 is 23.8. The molecule has 0 saturated carbocycles. The average Bonchev–Trinajstić information content (AvgIpc) is 2.37. The smallest absolute Gasteiger partial charge is 0.417 e. The van der Waals surface area contributed by atoms with Crippen molar-refractivity contribution in [3.8, 4) is 0 Å². The Morgan fingerprint density at radius 3 is 1.59 bits per heavy atom. The van der Waals surface area contributed by atoms with Crippen molar-refractivity contribution in [3.05, 3.63) is 11.8 Å². The van der Waals surface area contributed by atoms with Crippen LogP contribution in [0.5, 0.6) is 0 Å². The molecule has 0 aliphatic rings. The number of rotatable bonds is 11. The van der Waals surface area contributed by atoms with Gasteiger partial charge in [0.15, 0.2) is 8.32 Å². The third-order valence-electron chi connectivity index (χ3n) is 4.11. The highest BCUT2D eigenvalue weighted by molar-refractivity contribution is 6.74. The summed E-state index contributed by atoms with van der Waals surface area (Å²) in [4.78, 5) is 0. The van der Waals surface area contributed by atoms with Crippen molar-refractivity contribution in [2.45, 2.75) is 66.1 Å². The molecule has 132 valence electrons. The van der Waals surface area contributed by atoms with Crippen LogP contribution in [0.15, 0.2) is 11.8 Å². The Bertz CT molecular complexity index is 321. The van der Waals surface area contributed by atoms with Gasteiger partial charge < -0.3 is 17.7 Å². The molecule has 0 unspecified atom stereocenters. The summed E-state index contributed by atoms with van der Waals surface area (Å²) in [5.74, 6) is 0. The van der Waals surface area contributed by atoms with Gasteiger partial charge in [0.25, 0.3) is 0 Å². The topological polar surface area (TPSA) is 36.9 Å². The molecular formula is C16H36O4Si2. The highest BCUT2D eigenvalue weighted by atomic mass is 28.4. The minimum Gasteiger partial charge on any atom is -0.417 e. The number of hydrogen-bond donors (Lipinski definition) is 0. The molecule has 4 nitrogen and oxygen atoms in total. The Morgan fingerprint density at radius 1 is 0.864 bits per heavy atom. The highest BCUT2D eigenvalue weighted by Crippen LogP contribution is 2.36. The van der Waals surface area contributed by atoms with Gasteiger partial charge in [0.05, 0.1) is 0 Å². The van der Waals surface area contributed by atoms with Gasteiger partial charge >= 0.3 is 8.80 Å². The first-order valence-corrected chi connectivity index (χ1v) is 12.9. The molecule has 0 amide bonds. The maximum Gasteiger partial charge on any atom is 0.532 e. The summed E-state index contributed by atoms with van der Waals surface area (Å²) in [5.41, 5.74) is 0. The predicted molar refractivity (Wildman–Crippen MR) is 97.5 cm³/mol. The Hall–Kier alpha value is 0.0138. The Kier molecular flexibility index (Phi) is 9.35. The molecule has 0 saturated heterocycles. The van der Waals surface area contributed by atoms with E-state index in [9.17, 15) is 0 Å². The molecule has 0 heterocycles. The van der Waals surface area contributed by atoms with Crippen LogP contribution in [0, 0.1) is 0 Å². The molecular weight excluding hydrogens is 312 g/mol. The van der Waals surface area contributed by atoms with Crippen molar-refractivity contribution in [1.29, 1.82) is 0 Å². The molecule has 0 bridgehead atoms. The van der Waals surface area contributed by atoms with E-state index in [2.05, 4.69) is 40.4 Å². The lowest BCUT2D eigenvalue weighted by atomic mass is 10.2. The van der Waals surface area contributed by atoms with E-state index >= 15 is 0 Å². The molecule has 0 fully saturated rings. The second-order valence-electron chi connectivity index (χ2n) is 6.82. The second-order valence-corrected chi connectivity index (χ2v) is 14.3. The van der Waals surface area contributed by atoms with Gasteiger partial charge in [0.2, 0.25) is 0 Å². The summed E-state index contributed by atoms with van der Waals surface area (Å²) in [6, 6.07) is 0. The maximum atomic E-state index is 6.23. The van der Waals surface area contributed by atoms with Crippen LogP contribution in [-0.2, 0) is 17.7 Å². The molecule has 0 aliphatic carbocycles. The van der Waals surface area contributed by atoms with Crippen molar-refractivity contribution >= 4 is 17.1 Å². The van der Waals surface area contributed by atoms with Crippen LogP contribution in [0.3, 0.4) is 0 Å². The maximum absolute atomic E-state index is 6.23. The molecule has 0 spiro atoms. The monoisotopic (exact) mass is 348 g/mol. The Labute approximate surface area is 139 Å². The van der Waals surface area contributed by atoms with E-state index in [0.717, 1.165) is 11.6 Å². The quantitative estimate of drug-likeness (QED) is 0.514. The third-order valence-corrected chi connectivity index (χ3v) is 11.8. The largest absolute Gasteiger partial charge is 0.532 e. The summed E-state index contributed by atoms with van der Waals surface area (Å²) in [5, 5.41) is 1.12. The zero-order chi connectivity index (χ0) is 17.4. The fourth-order valence-corrected chi connectivity index (χ4v) is 5.26. The van der Waals surface area contributed by atoms with Gasteiger partial charge in [-0.2, -0.15) is 0 Å². The van der Waals surface area contributed by atoms with Crippen molar-refractivity contribution in [1.82, 2.24) is 0 Å². The van der Waals surface area contributed by atoms with Gasteiger partial charge in [-0.15, -0.1) is 0 Å². The molecule has 0 atom stereocenters. The highest BCUT2D eigenvalue weighted by Gasteiger charge is 2.44. The van der Waals surface area contributed by atoms with Gasteiger partial charge in [-0.25, -0.2) is 0 Å². The van der Waals surface area contributed by atoms with Crippen molar-refractivity contribution in [3.63, 3.8) is 0 Å². The normalized spacial score (nSPS) is 13.5. The molecule has 0 N–H and O–H groups in total. The number of hydrogen-bond acceptors (Lipinski definition) is 4. The van der Waals surface area contributed by atoms with E-state index in [0.29, 0.717) is 26.4 Å². The molecule has 22 heavy (non-hydrogen) atoms. The van der Waals surface area contributed by atoms with Gasteiger partial charge in [-0.05, 0) is 50.5 Å². The van der Waals surface area contributed by atoms with Crippen molar-refractivity contribution in [2.75, 3.05) is 26.4 Å². The first kappa shape index (κ1) is 22.0. The molecule has 0 aliphatic heterocycles. The van der Waals surface area contributed by atoms with E-state index < -0.39 is 17.1 Å². The third kappa shape index (κ3) is 6.25. The lowest BCUT2D eigenvalue weighted by Crippen LogP contribution is -2.49. The van der Waals surface area contributed by atoms with Crippen molar-refractivity contribution < 1.29 is 17.7 Å². The molecule has 0 rings (SSSR count). The lowest BCUT2D eigenvalue weighted by molar-refractivity contribution is 0.0791. The van der Waals surface area contributed by atoms with E-state index in [1.54, 1.807) is 0 Å². The summed E-state index contributed by atoms with van der Waals surface area (Å²) in [6.07, 6.45) is 0.721. The van der Waals surface area contributed by atoms with Gasteiger partial charge in [0, 0.05) is 26.4 Å². The lowest BCUT2D eigenvalue weighted by Gasteiger charge is -2.36. The SMILES string of the molecule is C=C(CCO[Si](C)(C)C(C)(C)C)[Si](OCC)(OCC)OCC. The standard InChI is InChI=1S/C16H36O4Si2/c1-10-17-22(18-11-2,19-12-3)15(4)13-14-20-21(8,9)16(5,6)7/h4,10-14H2,1-3,5-9H3. The van der Waals surface area contributed by atoms with Gasteiger partial charge in [-0.3, -0.25) is 0 Å². The Balaban J connectivity index is 4.77. The summed E-state index contributed by atoms with van der Waals surface area (Å²) in [6.45, 7) is 23.6. The van der Waals surface area contributed by atoms with Gasteiger partial charge in [0.1, 0.15) is 0 Å². The summed E-state index contributed by atoms with van der Waals surface area (Å²) >= 11 is 0. The van der Waals surface area contributed by atoms with E-state index in [-0.39, 0.29) is 5.04 Å². The minimum atomic E-state index is -2.80. The van der Waals surface area contributed by atoms with Crippen molar-refractivity contribution in [2.24, 2.45) is 0 Å². The molecule has 6 heteroatoms. The summed E-state index contributed by atoms with van der Waals surface area (Å²) in [7, 11) is -4.53. The van der Waals surface area contributed by atoms with E-state index in [1.165, 1.54) is 0 Å². The van der Waals surface area contributed by atoms with Crippen LogP contribution in [0.1, 0.15) is 48.0 Å². The van der Waals surface area contributed by atoms with Crippen LogP contribution in [-0.4, -0.2) is 43.5 Å². The molecule has 0 radical (unpaired) electrons. The van der Waals surface area contributed by atoms with Crippen LogP contribution in [0.4, 0.5) is 0 Å². The minimum absolute atomic E-state index is 0.211. The zero-order valence-corrected chi connectivity index (χ0v) is 17.9. The molecule has 0 aromatic carbocycles. The Morgan fingerprint density at radius 2 is 1.27 bits per heavy atom. The second kappa shape index (κ2) is 9.34. The van der Waals surface area contributed by atoms with Crippen LogP contribution in [0.25, 0.3) is 0 Å². The van der Waals surface area contributed by atoms with E-state index in [1.807, 2.05) is 20.8 Å².